The van der Waals surface area contributed by atoms with Gasteiger partial charge >= 0.3 is 0 Å². The molecule has 1 aromatic carbocycles. The number of rotatable bonds is 5. The molecule has 3 saturated heterocycles. The lowest BCUT2D eigenvalue weighted by Crippen LogP contribution is -2.64. The number of hydrogen-bond donors (Lipinski definition) is 2. The van der Waals surface area contributed by atoms with Crippen LogP contribution < -0.4 is 5.32 Å². The summed E-state index contributed by atoms with van der Waals surface area (Å²) >= 11 is 0. The molecule has 4 rings (SSSR count). The summed E-state index contributed by atoms with van der Waals surface area (Å²) in [5.74, 6) is -0.733. The lowest BCUT2D eigenvalue weighted by molar-refractivity contribution is -0.148. The number of amides is 1. The van der Waals surface area contributed by atoms with Crippen molar-refractivity contribution in [1.29, 1.82) is 0 Å². The van der Waals surface area contributed by atoms with E-state index in [1.54, 1.807) is 25.1 Å². The van der Waals surface area contributed by atoms with Crippen LogP contribution in [0.1, 0.15) is 25.3 Å². The average molecular weight is 336 g/mol. The summed E-state index contributed by atoms with van der Waals surface area (Å²) in [5, 5.41) is 13.7. The fourth-order valence-electron chi connectivity index (χ4n) is 3.92. The van der Waals surface area contributed by atoms with Gasteiger partial charge in [-0.05, 0) is 44.8 Å². The van der Waals surface area contributed by atoms with Gasteiger partial charge in [0.05, 0.1) is 5.60 Å². The second-order valence-corrected chi connectivity index (χ2v) is 7.05. The Morgan fingerprint density at radius 1 is 1.46 bits per heavy atom. The first-order chi connectivity index (χ1) is 11.4. The van der Waals surface area contributed by atoms with Gasteiger partial charge in [-0.25, -0.2) is 4.39 Å². The van der Waals surface area contributed by atoms with Crippen molar-refractivity contribution in [3.63, 3.8) is 0 Å². The molecule has 1 amide bonds. The Bertz CT molecular complexity index is 618. The van der Waals surface area contributed by atoms with Gasteiger partial charge in [-0.1, -0.05) is 18.2 Å². The summed E-state index contributed by atoms with van der Waals surface area (Å²) < 4.78 is 19.5. The average Bonchev–Trinajstić information content (AvgIpc) is 2.60. The molecule has 3 fully saturated rings. The molecule has 0 saturated carbocycles. The van der Waals surface area contributed by atoms with E-state index in [1.807, 2.05) is 0 Å². The molecule has 0 aromatic heterocycles. The van der Waals surface area contributed by atoms with Crippen molar-refractivity contribution in [3.05, 3.63) is 35.6 Å². The van der Waals surface area contributed by atoms with E-state index in [1.165, 1.54) is 13.2 Å². The van der Waals surface area contributed by atoms with Gasteiger partial charge in [-0.15, -0.1) is 0 Å². The largest absolute Gasteiger partial charge is 0.386 e. The fourth-order valence-corrected chi connectivity index (χ4v) is 3.92. The summed E-state index contributed by atoms with van der Waals surface area (Å²) in [6, 6.07) is 6.09. The normalized spacial score (nSPS) is 31.5. The van der Waals surface area contributed by atoms with Crippen LogP contribution in [0.15, 0.2) is 24.3 Å². The number of nitrogens with zero attached hydrogens (tertiary/aromatic N) is 1. The Kier molecular flexibility index (Phi) is 4.64. The van der Waals surface area contributed by atoms with Gasteiger partial charge in [-0.2, -0.15) is 0 Å². The highest BCUT2D eigenvalue weighted by Gasteiger charge is 2.46. The summed E-state index contributed by atoms with van der Waals surface area (Å²) in [4.78, 5) is 14.9. The number of aliphatic hydroxyl groups is 1. The molecule has 2 bridgehead atoms. The second kappa shape index (κ2) is 6.43. The van der Waals surface area contributed by atoms with Crippen LogP contribution in [0.2, 0.25) is 0 Å². The number of ether oxygens (including phenoxy) is 1. The number of carbonyl (C=O) groups is 1. The first-order valence-corrected chi connectivity index (χ1v) is 8.42. The van der Waals surface area contributed by atoms with Crippen molar-refractivity contribution in [2.75, 3.05) is 33.3 Å². The van der Waals surface area contributed by atoms with E-state index in [2.05, 4.69) is 10.2 Å². The van der Waals surface area contributed by atoms with E-state index < -0.39 is 22.9 Å². The van der Waals surface area contributed by atoms with Crippen LogP contribution in [0.5, 0.6) is 0 Å². The molecule has 2 atom stereocenters. The smallest absolute Gasteiger partial charge is 0.256 e. The molecule has 0 radical (unpaired) electrons. The zero-order chi connectivity index (χ0) is 17.4. The topological polar surface area (TPSA) is 61.8 Å². The van der Waals surface area contributed by atoms with Gasteiger partial charge in [0, 0.05) is 25.8 Å². The Morgan fingerprint density at radius 2 is 2.12 bits per heavy atom. The Morgan fingerprint density at radius 3 is 2.67 bits per heavy atom. The third-order valence-corrected chi connectivity index (χ3v) is 5.63. The molecule has 5 nitrogen and oxygen atoms in total. The van der Waals surface area contributed by atoms with E-state index in [9.17, 15) is 14.3 Å². The highest BCUT2D eigenvalue weighted by Crippen LogP contribution is 2.35. The molecular formula is C18H25FN2O3. The van der Waals surface area contributed by atoms with Crippen LogP contribution in [-0.4, -0.2) is 54.8 Å². The molecule has 24 heavy (non-hydrogen) atoms. The van der Waals surface area contributed by atoms with Crippen molar-refractivity contribution in [3.8, 4) is 0 Å². The minimum atomic E-state index is -1.43. The molecule has 0 unspecified atom stereocenters. The number of piperidine rings is 3. The number of nitrogens with one attached hydrogen (secondary N) is 1. The van der Waals surface area contributed by atoms with Crippen molar-refractivity contribution in [2.45, 2.75) is 31.0 Å². The lowest BCUT2D eigenvalue weighted by atomic mass is 9.75. The zero-order valence-electron chi connectivity index (χ0n) is 14.2. The van der Waals surface area contributed by atoms with Gasteiger partial charge < -0.3 is 20.1 Å². The van der Waals surface area contributed by atoms with E-state index in [4.69, 9.17) is 4.74 Å². The first-order valence-electron chi connectivity index (χ1n) is 8.42. The predicted molar refractivity (Wildman–Crippen MR) is 87.9 cm³/mol. The van der Waals surface area contributed by atoms with Crippen molar-refractivity contribution in [1.82, 2.24) is 10.2 Å². The number of benzene rings is 1. The molecule has 2 N–H and O–H groups in total. The second-order valence-electron chi connectivity index (χ2n) is 7.05. The number of methoxy groups -OCH3 is 1. The van der Waals surface area contributed by atoms with Crippen LogP contribution in [-0.2, 0) is 15.1 Å². The Balaban J connectivity index is 1.72. The first kappa shape index (κ1) is 17.3. The van der Waals surface area contributed by atoms with E-state index >= 15 is 0 Å². The molecular weight excluding hydrogens is 311 g/mol. The number of fused-ring (bicyclic) bond motifs is 3. The van der Waals surface area contributed by atoms with Gasteiger partial charge in [0.15, 0.2) is 5.60 Å². The minimum Gasteiger partial charge on any atom is -0.386 e. The fraction of sp³-hybridized carbons (Fsp3) is 0.611. The van der Waals surface area contributed by atoms with Crippen LogP contribution >= 0.6 is 0 Å². The Hall–Kier alpha value is -1.50. The monoisotopic (exact) mass is 336 g/mol. The maximum atomic E-state index is 14.1. The highest BCUT2D eigenvalue weighted by molar-refractivity contribution is 5.86. The number of hydrogen-bond acceptors (Lipinski definition) is 4. The van der Waals surface area contributed by atoms with Gasteiger partial charge in [0.25, 0.3) is 5.91 Å². The molecule has 3 heterocycles. The third kappa shape index (κ3) is 2.94. The van der Waals surface area contributed by atoms with Crippen LogP contribution in [0.4, 0.5) is 4.39 Å². The SMILES string of the molecule is CO[C@](C)(C(=O)NC[C@]1(O)CN2CCC1CC2)c1ccccc1F. The third-order valence-electron chi connectivity index (χ3n) is 5.63. The van der Waals surface area contributed by atoms with Crippen molar-refractivity contribution >= 4 is 5.91 Å². The van der Waals surface area contributed by atoms with Gasteiger partial charge in [0.2, 0.25) is 0 Å². The standard InChI is InChI=1S/C18H25FN2O3/c1-17(24-2,14-5-3-4-6-15(14)19)16(22)20-11-18(23)12-21-9-7-13(18)8-10-21/h3-6,13,23H,7-12H2,1-2H3,(H,20,22)/t17-,18-/m0/s1. The van der Waals surface area contributed by atoms with Gasteiger partial charge in [-0.3, -0.25) is 4.79 Å². The van der Waals surface area contributed by atoms with E-state index in [-0.39, 0.29) is 18.0 Å². The lowest BCUT2D eigenvalue weighted by Gasteiger charge is -2.50. The summed E-state index contributed by atoms with van der Waals surface area (Å²) in [6.07, 6.45) is 1.89. The summed E-state index contributed by atoms with van der Waals surface area (Å²) in [6.45, 7) is 4.28. The van der Waals surface area contributed by atoms with Gasteiger partial charge in [0.1, 0.15) is 5.82 Å². The summed E-state index contributed by atoms with van der Waals surface area (Å²) in [5.41, 5.74) is -2.17. The number of halogens is 1. The Labute approximate surface area is 141 Å². The molecule has 3 aliphatic rings. The van der Waals surface area contributed by atoms with E-state index in [0.29, 0.717) is 6.54 Å². The molecule has 132 valence electrons. The number of carbonyl (C=O) groups excluding carboxylic acids is 1. The molecule has 1 aromatic rings. The quantitative estimate of drug-likeness (QED) is 0.850. The maximum absolute atomic E-state index is 14.1. The van der Waals surface area contributed by atoms with Crippen molar-refractivity contribution in [2.24, 2.45) is 5.92 Å². The predicted octanol–water partition coefficient (Wildman–Crippen LogP) is 1.26. The molecule has 3 aliphatic heterocycles. The van der Waals surface area contributed by atoms with Crippen LogP contribution in [0.25, 0.3) is 0 Å². The van der Waals surface area contributed by atoms with Crippen molar-refractivity contribution < 1.29 is 19.0 Å². The minimum absolute atomic E-state index is 0.153. The highest BCUT2D eigenvalue weighted by atomic mass is 19.1. The maximum Gasteiger partial charge on any atom is 0.256 e. The molecule has 0 aliphatic carbocycles. The summed E-state index contributed by atoms with van der Waals surface area (Å²) in [7, 11) is 1.38. The molecule has 0 spiro atoms. The van der Waals surface area contributed by atoms with Crippen LogP contribution in [0, 0.1) is 11.7 Å². The zero-order valence-corrected chi connectivity index (χ0v) is 14.2. The van der Waals surface area contributed by atoms with Crippen LogP contribution in [0.3, 0.4) is 0 Å². The molecule has 6 heteroatoms. The van der Waals surface area contributed by atoms with E-state index in [0.717, 1.165) is 25.9 Å².